The van der Waals surface area contributed by atoms with Crippen molar-refractivity contribution in [2.75, 3.05) is 25.4 Å². The second kappa shape index (κ2) is 6.69. The van der Waals surface area contributed by atoms with Crippen LogP contribution in [-0.2, 0) is 19.6 Å². The van der Waals surface area contributed by atoms with E-state index in [2.05, 4.69) is 5.32 Å². The summed E-state index contributed by atoms with van der Waals surface area (Å²) < 4.78 is 24.0. The van der Waals surface area contributed by atoms with Crippen LogP contribution in [0.4, 0.5) is 0 Å². The van der Waals surface area contributed by atoms with E-state index in [1.165, 1.54) is 4.31 Å². The lowest BCUT2D eigenvalue weighted by atomic mass is 10.2. The zero-order valence-electron chi connectivity index (χ0n) is 10.1. The Morgan fingerprint density at radius 3 is 2.56 bits per heavy atom. The maximum absolute atomic E-state index is 11.5. The van der Waals surface area contributed by atoms with Crippen LogP contribution in [0.5, 0.6) is 0 Å². The van der Waals surface area contributed by atoms with Gasteiger partial charge in [0.15, 0.2) is 0 Å². The topological polar surface area (TPSA) is 104 Å². The van der Waals surface area contributed by atoms with E-state index in [0.29, 0.717) is 32.4 Å². The molecule has 0 atom stereocenters. The summed E-state index contributed by atoms with van der Waals surface area (Å²) in [5.41, 5.74) is 0. The minimum absolute atomic E-state index is 0.0797. The third kappa shape index (κ3) is 5.01. The second-order valence-corrected chi connectivity index (χ2v) is 6.29. The number of unbranched alkanes of at least 4 members (excludes halogenated alkanes) is 1. The van der Waals surface area contributed by atoms with Crippen molar-refractivity contribution >= 4 is 21.9 Å². The summed E-state index contributed by atoms with van der Waals surface area (Å²) in [6.45, 7) is 0.635. The summed E-state index contributed by atoms with van der Waals surface area (Å²) in [5.74, 6) is -1.08. The zero-order valence-corrected chi connectivity index (χ0v) is 10.9. The van der Waals surface area contributed by atoms with Crippen LogP contribution < -0.4 is 5.32 Å². The van der Waals surface area contributed by atoms with Crippen LogP contribution in [-0.4, -0.2) is 55.1 Å². The molecule has 0 unspecified atom stereocenters. The minimum atomic E-state index is -3.23. The predicted octanol–water partition coefficient (Wildman–Crippen LogP) is -0.607. The molecule has 1 aliphatic rings. The molecule has 1 heterocycles. The molecule has 7 nitrogen and oxygen atoms in total. The van der Waals surface area contributed by atoms with Gasteiger partial charge in [-0.3, -0.25) is 9.59 Å². The molecule has 0 aliphatic carbocycles. The molecule has 0 aromatic carbocycles. The molecule has 0 radical (unpaired) electrons. The fraction of sp³-hybridized carbons (Fsp3) is 0.800. The summed E-state index contributed by atoms with van der Waals surface area (Å²) in [6, 6.07) is 0. The molecule has 2 N–H and O–H groups in total. The van der Waals surface area contributed by atoms with Crippen LogP contribution >= 0.6 is 0 Å². The molecule has 1 amide bonds. The molecule has 1 saturated heterocycles. The van der Waals surface area contributed by atoms with E-state index in [-0.39, 0.29) is 24.6 Å². The molecule has 0 aromatic heterocycles. The van der Waals surface area contributed by atoms with Gasteiger partial charge in [0.05, 0.1) is 12.3 Å². The second-order valence-electron chi connectivity index (χ2n) is 4.20. The first-order valence-corrected chi connectivity index (χ1v) is 7.49. The largest absolute Gasteiger partial charge is 0.481 e. The minimum Gasteiger partial charge on any atom is -0.481 e. The molecule has 8 heteroatoms. The summed E-state index contributed by atoms with van der Waals surface area (Å²) >= 11 is 0. The van der Waals surface area contributed by atoms with Crippen LogP contribution in [0.25, 0.3) is 0 Å². The van der Waals surface area contributed by atoms with Gasteiger partial charge >= 0.3 is 5.97 Å². The lowest BCUT2D eigenvalue weighted by molar-refractivity contribution is -0.137. The lowest BCUT2D eigenvalue weighted by Gasteiger charge is -2.13. The van der Waals surface area contributed by atoms with E-state index in [0.717, 1.165) is 0 Å². The van der Waals surface area contributed by atoms with Gasteiger partial charge in [-0.2, -0.15) is 4.31 Å². The van der Waals surface area contributed by atoms with Crippen molar-refractivity contribution in [2.45, 2.75) is 25.7 Å². The SMILES string of the molecule is O=C(O)CCCCNC(=O)CN1CCCS1(=O)=O. The van der Waals surface area contributed by atoms with Crippen LogP contribution in [0.2, 0.25) is 0 Å². The van der Waals surface area contributed by atoms with Crippen molar-refractivity contribution in [2.24, 2.45) is 0 Å². The summed E-state index contributed by atoms with van der Waals surface area (Å²) in [4.78, 5) is 21.7. The first kappa shape index (κ1) is 14.9. The van der Waals surface area contributed by atoms with Crippen LogP contribution in [0.3, 0.4) is 0 Å². The number of carboxylic acid groups (broad SMARTS) is 1. The summed E-state index contributed by atoms with van der Waals surface area (Å²) in [5, 5.41) is 11.0. The number of rotatable bonds is 7. The number of hydrogen-bond donors (Lipinski definition) is 2. The van der Waals surface area contributed by atoms with E-state index in [4.69, 9.17) is 5.11 Å². The average molecular weight is 278 g/mol. The van der Waals surface area contributed by atoms with Crippen molar-refractivity contribution in [3.05, 3.63) is 0 Å². The van der Waals surface area contributed by atoms with Crippen LogP contribution in [0.1, 0.15) is 25.7 Å². The average Bonchev–Trinajstić information content (AvgIpc) is 2.57. The number of sulfonamides is 1. The van der Waals surface area contributed by atoms with Crippen LogP contribution in [0.15, 0.2) is 0 Å². The van der Waals surface area contributed by atoms with Gasteiger partial charge in [-0.1, -0.05) is 0 Å². The smallest absolute Gasteiger partial charge is 0.303 e. The normalized spacial score (nSPS) is 18.7. The standard InChI is InChI=1S/C10H18N2O5S/c13-9(11-5-2-1-4-10(14)15)8-12-6-3-7-18(12,16)17/h1-8H2,(H,11,13)(H,14,15). The van der Waals surface area contributed by atoms with Gasteiger partial charge in [0.2, 0.25) is 15.9 Å². The Bertz CT molecular complexity index is 406. The van der Waals surface area contributed by atoms with E-state index >= 15 is 0 Å². The molecule has 0 aromatic rings. The van der Waals surface area contributed by atoms with Gasteiger partial charge in [0, 0.05) is 19.5 Å². The first-order chi connectivity index (χ1) is 8.42. The van der Waals surface area contributed by atoms with Gasteiger partial charge < -0.3 is 10.4 Å². The number of nitrogens with one attached hydrogen (secondary N) is 1. The van der Waals surface area contributed by atoms with Gasteiger partial charge in [-0.05, 0) is 19.3 Å². The number of amides is 1. The van der Waals surface area contributed by atoms with Gasteiger partial charge in [0.25, 0.3) is 0 Å². The molecular formula is C10H18N2O5S. The van der Waals surface area contributed by atoms with E-state index in [1.807, 2.05) is 0 Å². The molecule has 0 saturated carbocycles. The molecule has 104 valence electrons. The monoisotopic (exact) mass is 278 g/mol. The number of carboxylic acids is 1. The van der Waals surface area contributed by atoms with E-state index in [1.54, 1.807) is 0 Å². The Morgan fingerprint density at radius 1 is 1.28 bits per heavy atom. The first-order valence-electron chi connectivity index (χ1n) is 5.88. The number of aliphatic carboxylic acids is 1. The Hall–Kier alpha value is -1.15. The molecular weight excluding hydrogens is 260 g/mol. The molecule has 1 rings (SSSR count). The van der Waals surface area contributed by atoms with Gasteiger partial charge in [0.1, 0.15) is 0 Å². The third-order valence-electron chi connectivity index (χ3n) is 2.66. The molecule has 18 heavy (non-hydrogen) atoms. The highest BCUT2D eigenvalue weighted by Crippen LogP contribution is 2.12. The highest BCUT2D eigenvalue weighted by molar-refractivity contribution is 7.89. The van der Waals surface area contributed by atoms with Crippen molar-refractivity contribution < 1.29 is 23.1 Å². The predicted molar refractivity (Wildman–Crippen MR) is 64.5 cm³/mol. The molecule has 1 aliphatic heterocycles. The lowest BCUT2D eigenvalue weighted by Crippen LogP contribution is -2.38. The van der Waals surface area contributed by atoms with E-state index in [9.17, 15) is 18.0 Å². The zero-order chi connectivity index (χ0) is 13.6. The van der Waals surface area contributed by atoms with Crippen molar-refractivity contribution in [3.8, 4) is 0 Å². The van der Waals surface area contributed by atoms with Gasteiger partial charge in [-0.25, -0.2) is 8.42 Å². The Balaban J connectivity index is 2.16. The Kier molecular flexibility index (Phi) is 5.54. The molecule has 1 fully saturated rings. The van der Waals surface area contributed by atoms with E-state index < -0.39 is 16.0 Å². The summed E-state index contributed by atoms with van der Waals surface area (Å²) in [7, 11) is -3.23. The number of carbonyl (C=O) groups is 2. The van der Waals surface area contributed by atoms with Crippen molar-refractivity contribution in [1.82, 2.24) is 9.62 Å². The number of hydrogen-bond acceptors (Lipinski definition) is 4. The van der Waals surface area contributed by atoms with Crippen molar-refractivity contribution in [3.63, 3.8) is 0 Å². The fourth-order valence-corrected chi connectivity index (χ4v) is 3.19. The number of carbonyl (C=O) groups excluding carboxylic acids is 1. The third-order valence-corrected chi connectivity index (χ3v) is 4.57. The Labute approximate surface area is 106 Å². The maximum atomic E-state index is 11.5. The van der Waals surface area contributed by atoms with Crippen molar-refractivity contribution in [1.29, 1.82) is 0 Å². The highest BCUT2D eigenvalue weighted by Gasteiger charge is 2.29. The quantitative estimate of drug-likeness (QED) is 0.605. The Morgan fingerprint density at radius 2 is 2.00 bits per heavy atom. The highest BCUT2D eigenvalue weighted by atomic mass is 32.2. The molecule has 0 bridgehead atoms. The maximum Gasteiger partial charge on any atom is 0.303 e. The number of nitrogens with zero attached hydrogens (tertiary/aromatic N) is 1. The van der Waals surface area contributed by atoms with Gasteiger partial charge in [-0.15, -0.1) is 0 Å². The summed E-state index contributed by atoms with van der Waals surface area (Å²) in [6.07, 6.45) is 1.72. The van der Waals surface area contributed by atoms with Crippen LogP contribution in [0, 0.1) is 0 Å². The molecule has 0 spiro atoms. The fourth-order valence-electron chi connectivity index (χ4n) is 1.71.